The molecule has 0 saturated heterocycles. The van der Waals surface area contributed by atoms with Crippen molar-refractivity contribution in [3.63, 3.8) is 0 Å². The van der Waals surface area contributed by atoms with Crippen molar-refractivity contribution in [2.45, 2.75) is 0 Å². The molecule has 3 nitrogen and oxygen atoms in total. The third-order valence-corrected chi connectivity index (χ3v) is 11.2. The Balaban J connectivity index is 1.23. The molecule has 0 aliphatic rings. The number of furan rings is 2. The van der Waals surface area contributed by atoms with Crippen LogP contribution in [0.25, 0.3) is 85.9 Å². The smallest absolute Gasteiger partial charge is 0.147 e. The molecule has 0 bridgehead atoms. The molecule has 0 spiro atoms. The fourth-order valence-electron chi connectivity index (χ4n) is 7.83. The van der Waals surface area contributed by atoms with E-state index in [0.29, 0.717) is 0 Å². The first kappa shape index (κ1) is 27.6. The molecule has 3 heterocycles. The fourth-order valence-corrected chi connectivity index (χ4v) is 8.96. The van der Waals surface area contributed by atoms with Crippen LogP contribution in [-0.2, 0) is 0 Å². The summed E-state index contributed by atoms with van der Waals surface area (Å²) in [6.07, 6.45) is 0. The highest BCUT2D eigenvalue weighted by Crippen LogP contribution is 2.50. The van der Waals surface area contributed by atoms with Crippen molar-refractivity contribution in [1.29, 1.82) is 0 Å². The van der Waals surface area contributed by atoms with Gasteiger partial charge in [0.15, 0.2) is 0 Å². The molecule has 0 saturated carbocycles. The highest BCUT2D eigenvalue weighted by molar-refractivity contribution is 7.25. The predicted molar refractivity (Wildman–Crippen MR) is 212 cm³/mol. The maximum Gasteiger partial charge on any atom is 0.147 e. The number of fused-ring (bicyclic) bond motifs is 13. The van der Waals surface area contributed by atoms with E-state index >= 15 is 0 Å². The van der Waals surface area contributed by atoms with Gasteiger partial charge in [-0.15, -0.1) is 11.3 Å². The van der Waals surface area contributed by atoms with Crippen LogP contribution in [0.1, 0.15) is 0 Å². The molecule has 0 aliphatic carbocycles. The Kier molecular flexibility index (Phi) is 5.83. The summed E-state index contributed by atoms with van der Waals surface area (Å²) < 4.78 is 16.1. The number of anilines is 3. The Morgan fingerprint density at radius 3 is 1.88 bits per heavy atom. The number of hydrogen-bond donors (Lipinski definition) is 0. The molecular formula is C46H27NO2S. The SMILES string of the molecule is c1ccc(-c2ccc(N(c3ccc4c(c3)sc3ccccc34)c3cccc4oc5c6ccccc6c6c7ccccc7oc6c5c34)cc2)cc1. The van der Waals surface area contributed by atoms with Crippen LogP contribution >= 0.6 is 11.3 Å². The van der Waals surface area contributed by atoms with E-state index < -0.39 is 0 Å². The molecule has 0 aliphatic heterocycles. The van der Waals surface area contributed by atoms with E-state index in [1.54, 1.807) is 0 Å². The van der Waals surface area contributed by atoms with E-state index in [1.165, 1.54) is 31.3 Å². The summed E-state index contributed by atoms with van der Waals surface area (Å²) in [6.45, 7) is 0. The maximum atomic E-state index is 6.83. The second kappa shape index (κ2) is 10.6. The number of rotatable bonds is 4. The summed E-state index contributed by atoms with van der Waals surface area (Å²) >= 11 is 1.84. The molecule has 50 heavy (non-hydrogen) atoms. The lowest BCUT2D eigenvalue weighted by Crippen LogP contribution is -2.10. The number of hydrogen-bond acceptors (Lipinski definition) is 4. The Bertz CT molecular complexity index is 3090. The van der Waals surface area contributed by atoms with Crippen LogP contribution in [0, 0.1) is 0 Å². The third kappa shape index (κ3) is 3.97. The minimum Gasteiger partial charge on any atom is -0.455 e. The molecule has 0 amide bonds. The first-order valence-electron chi connectivity index (χ1n) is 16.8. The summed E-state index contributed by atoms with van der Waals surface area (Å²) in [7, 11) is 0. The zero-order valence-electron chi connectivity index (χ0n) is 26.8. The van der Waals surface area contributed by atoms with Gasteiger partial charge in [0, 0.05) is 47.7 Å². The largest absolute Gasteiger partial charge is 0.455 e. The van der Waals surface area contributed by atoms with Crippen LogP contribution in [0.5, 0.6) is 0 Å². The quantitative estimate of drug-likeness (QED) is 0.189. The Morgan fingerprint density at radius 2 is 1.02 bits per heavy atom. The molecule has 0 atom stereocenters. The van der Waals surface area contributed by atoms with E-state index in [9.17, 15) is 0 Å². The Labute approximate surface area is 290 Å². The molecule has 3 aromatic heterocycles. The maximum absolute atomic E-state index is 6.83. The summed E-state index contributed by atoms with van der Waals surface area (Å²) in [6, 6.07) is 58.2. The van der Waals surface area contributed by atoms with E-state index in [0.717, 1.165) is 71.7 Å². The van der Waals surface area contributed by atoms with E-state index in [-0.39, 0.29) is 0 Å². The number of thiophene rings is 1. The van der Waals surface area contributed by atoms with E-state index in [1.807, 2.05) is 17.4 Å². The topological polar surface area (TPSA) is 29.5 Å². The zero-order valence-corrected chi connectivity index (χ0v) is 27.6. The van der Waals surface area contributed by atoms with Gasteiger partial charge in [0.1, 0.15) is 22.3 Å². The average Bonchev–Trinajstić information content (AvgIpc) is 3.87. The van der Waals surface area contributed by atoms with Gasteiger partial charge in [0.25, 0.3) is 0 Å². The van der Waals surface area contributed by atoms with Crippen molar-refractivity contribution in [1.82, 2.24) is 0 Å². The lowest BCUT2D eigenvalue weighted by molar-refractivity contribution is 0.665. The van der Waals surface area contributed by atoms with Gasteiger partial charge >= 0.3 is 0 Å². The van der Waals surface area contributed by atoms with Crippen molar-refractivity contribution in [2.75, 3.05) is 4.90 Å². The molecule has 4 heteroatoms. The van der Waals surface area contributed by atoms with Crippen molar-refractivity contribution < 1.29 is 8.83 Å². The molecule has 0 unspecified atom stereocenters. The van der Waals surface area contributed by atoms with Crippen LogP contribution in [0.2, 0.25) is 0 Å². The van der Waals surface area contributed by atoms with Crippen LogP contribution < -0.4 is 4.90 Å². The number of nitrogens with zero attached hydrogens (tertiary/aromatic N) is 1. The minimum absolute atomic E-state index is 0.824. The van der Waals surface area contributed by atoms with Crippen LogP contribution in [0.3, 0.4) is 0 Å². The summed E-state index contributed by atoms with van der Waals surface area (Å²) in [5, 5.41) is 9.02. The first-order valence-corrected chi connectivity index (χ1v) is 17.7. The van der Waals surface area contributed by atoms with Crippen molar-refractivity contribution in [3.8, 4) is 11.1 Å². The molecule has 0 N–H and O–H groups in total. The van der Waals surface area contributed by atoms with Crippen LogP contribution in [0.4, 0.5) is 17.1 Å². The highest BCUT2D eigenvalue weighted by atomic mass is 32.1. The molecule has 0 fully saturated rings. The average molecular weight is 658 g/mol. The normalized spacial score (nSPS) is 12.0. The Morgan fingerprint density at radius 1 is 0.380 bits per heavy atom. The standard InChI is InChI=1S/C46H27NO2S/c1-2-11-28(12-3-1)29-21-23-30(24-22-29)47(31-25-26-33-32-13-7-9-20-40(32)50-41(33)27-31)37-17-10-19-39-43(37)44-45(49-39)35-15-5-4-14-34(35)42-36-16-6-8-18-38(36)48-46(42)44/h1-27H. The Hall–Kier alpha value is -6.36. The van der Waals surface area contributed by atoms with Gasteiger partial charge in [-0.3, -0.25) is 0 Å². The number of benzene rings is 8. The van der Waals surface area contributed by atoms with Gasteiger partial charge in [-0.1, -0.05) is 115 Å². The second-order valence-corrected chi connectivity index (χ2v) is 13.9. The van der Waals surface area contributed by atoms with Crippen molar-refractivity contribution in [3.05, 3.63) is 164 Å². The lowest BCUT2D eigenvalue weighted by Gasteiger charge is -2.26. The van der Waals surface area contributed by atoms with E-state index in [4.69, 9.17) is 8.83 Å². The summed E-state index contributed by atoms with van der Waals surface area (Å²) in [4.78, 5) is 2.37. The molecular weight excluding hydrogens is 631 g/mol. The molecule has 234 valence electrons. The van der Waals surface area contributed by atoms with Gasteiger partial charge in [-0.25, -0.2) is 0 Å². The molecule has 8 aromatic carbocycles. The lowest BCUT2D eigenvalue weighted by atomic mass is 9.99. The van der Waals surface area contributed by atoms with Gasteiger partial charge in [0.05, 0.1) is 16.5 Å². The van der Waals surface area contributed by atoms with Crippen LogP contribution in [-0.4, -0.2) is 0 Å². The summed E-state index contributed by atoms with van der Waals surface area (Å²) in [5.41, 5.74) is 8.94. The van der Waals surface area contributed by atoms with Gasteiger partial charge in [0.2, 0.25) is 0 Å². The fraction of sp³-hybridized carbons (Fsp3) is 0. The van der Waals surface area contributed by atoms with Crippen LogP contribution in [0.15, 0.2) is 173 Å². The highest BCUT2D eigenvalue weighted by Gasteiger charge is 2.25. The van der Waals surface area contributed by atoms with Crippen molar-refractivity contribution >= 4 is 103 Å². The molecule has 0 radical (unpaired) electrons. The van der Waals surface area contributed by atoms with Gasteiger partial charge in [-0.2, -0.15) is 0 Å². The van der Waals surface area contributed by atoms with Gasteiger partial charge < -0.3 is 13.7 Å². The second-order valence-electron chi connectivity index (χ2n) is 12.8. The third-order valence-electron chi connectivity index (χ3n) is 10.1. The number of para-hydroxylation sites is 1. The predicted octanol–water partition coefficient (Wildman–Crippen LogP) is 14.1. The molecule has 11 aromatic rings. The molecule has 11 rings (SSSR count). The zero-order chi connectivity index (χ0) is 32.8. The first-order chi connectivity index (χ1) is 24.8. The monoisotopic (exact) mass is 657 g/mol. The summed E-state index contributed by atoms with van der Waals surface area (Å²) in [5.74, 6) is 0. The van der Waals surface area contributed by atoms with Gasteiger partial charge in [-0.05, 0) is 65.0 Å². The van der Waals surface area contributed by atoms with E-state index in [2.05, 4.69) is 163 Å². The minimum atomic E-state index is 0.824. The van der Waals surface area contributed by atoms with Crippen molar-refractivity contribution in [2.24, 2.45) is 0 Å².